The lowest BCUT2D eigenvalue weighted by Gasteiger charge is -2.21. The fourth-order valence-electron chi connectivity index (χ4n) is 1.72. The van der Waals surface area contributed by atoms with Crippen LogP contribution in [0.1, 0.15) is 0 Å². The van der Waals surface area contributed by atoms with Crippen LogP contribution in [0.4, 0.5) is 15.8 Å². The Balaban J connectivity index is 2.04. The van der Waals surface area contributed by atoms with Gasteiger partial charge < -0.3 is 5.32 Å². The number of rotatable bonds is 4. The fourth-order valence-corrected chi connectivity index (χ4v) is 4.33. The van der Waals surface area contributed by atoms with Gasteiger partial charge in [-0.15, -0.1) is 0 Å². The SMILES string of the molecule is O=[N+]([O-])c1c(F)cccc1NCC1CSCCS1. The van der Waals surface area contributed by atoms with Crippen molar-refractivity contribution in [2.24, 2.45) is 0 Å². The minimum Gasteiger partial charge on any atom is -0.378 e. The Labute approximate surface area is 113 Å². The molecular weight excluding hydrogens is 275 g/mol. The molecule has 1 aromatic carbocycles. The average molecular weight is 288 g/mol. The number of nitrogens with one attached hydrogen (secondary N) is 1. The zero-order chi connectivity index (χ0) is 13.0. The van der Waals surface area contributed by atoms with Crippen LogP contribution in [0.5, 0.6) is 0 Å². The van der Waals surface area contributed by atoms with E-state index in [0.29, 0.717) is 11.8 Å². The van der Waals surface area contributed by atoms with Crippen molar-refractivity contribution in [2.75, 3.05) is 29.1 Å². The summed E-state index contributed by atoms with van der Waals surface area (Å²) in [5.41, 5.74) is -0.206. The molecule has 1 fully saturated rings. The molecule has 1 aliphatic rings. The number of anilines is 1. The lowest BCUT2D eigenvalue weighted by molar-refractivity contribution is -0.386. The Morgan fingerprint density at radius 2 is 2.33 bits per heavy atom. The minimum absolute atomic E-state index is 0.260. The van der Waals surface area contributed by atoms with Gasteiger partial charge in [0.05, 0.1) is 4.92 Å². The molecule has 1 saturated heterocycles. The number of nitro groups is 1. The highest BCUT2D eigenvalue weighted by Gasteiger charge is 2.21. The van der Waals surface area contributed by atoms with E-state index < -0.39 is 16.4 Å². The topological polar surface area (TPSA) is 55.2 Å². The normalized spacial score (nSPS) is 19.5. The lowest BCUT2D eigenvalue weighted by atomic mass is 10.2. The Hall–Kier alpha value is -0.950. The monoisotopic (exact) mass is 288 g/mol. The van der Waals surface area contributed by atoms with E-state index in [1.165, 1.54) is 6.07 Å². The predicted octanol–water partition coefficient (Wildman–Crippen LogP) is 2.99. The number of hydrogen-bond donors (Lipinski definition) is 1. The number of benzene rings is 1. The molecule has 7 heteroatoms. The smallest absolute Gasteiger partial charge is 0.327 e. The second-order valence-corrected chi connectivity index (χ2v) is 6.40. The van der Waals surface area contributed by atoms with Gasteiger partial charge >= 0.3 is 5.69 Å². The molecule has 98 valence electrons. The van der Waals surface area contributed by atoms with Crippen molar-refractivity contribution < 1.29 is 9.31 Å². The number of halogens is 1. The Morgan fingerprint density at radius 3 is 3.00 bits per heavy atom. The largest absolute Gasteiger partial charge is 0.378 e. The van der Waals surface area contributed by atoms with Crippen LogP contribution in [0.2, 0.25) is 0 Å². The van der Waals surface area contributed by atoms with Crippen molar-refractivity contribution in [3.05, 3.63) is 34.1 Å². The number of thioether (sulfide) groups is 2. The first-order valence-electron chi connectivity index (χ1n) is 5.54. The van der Waals surface area contributed by atoms with E-state index in [2.05, 4.69) is 5.32 Å². The molecule has 0 spiro atoms. The van der Waals surface area contributed by atoms with Crippen molar-refractivity contribution in [1.82, 2.24) is 0 Å². The van der Waals surface area contributed by atoms with E-state index in [1.54, 1.807) is 6.07 Å². The van der Waals surface area contributed by atoms with Crippen LogP contribution in [-0.4, -0.2) is 34.0 Å². The maximum Gasteiger partial charge on any atom is 0.327 e. The van der Waals surface area contributed by atoms with Crippen molar-refractivity contribution in [3.8, 4) is 0 Å². The summed E-state index contributed by atoms with van der Waals surface area (Å²) in [6, 6.07) is 4.13. The first kappa shape index (κ1) is 13.5. The second kappa shape index (κ2) is 6.29. The quantitative estimate of drug-likeness (QED) is 0.682. The van der Waals surface area contributed by atoms with Crippen molar-refractivity contribution in [2.45, 2.75) is 5.25 Å². The zero-order valence-electron chi connectivity index (χ0n) is 9.60. The molecule has 0 amide bonds. The van der Waals surface area contributed by atoms with E-state index in [1.807, 2.05) is 23.5 Å². The molecule has 0 aliphatic carbocycles. The van der Waals surface area contributed by atoms with Crippen LogP contribution in [-0.2, 0) is 0 Å². The molecule has 1 heterocycles. The van der Waals surface area contributed by atoms with Crippen molar-refractivity contribution >= 4 is 34.9 Å². The summed E-state index contributed by atoms with van der Waals surface area (Å²) >= 11 is 3.74. The highest BCUT2D eigenvalue weighted by Crippen LogP contribution is 2.29. The predicted molar refractivity (Wildman–Crippen MR) is 75.1 cm³/mol. The van der Waals surface area contributed by atoms with Gasteiger partial charge in [0, 0.05) is 29.1 Å². The molecule has 0 bridgehead atoms. The molecule has 2 rings (SSSR count). The minimum atomic E-state index is -0.796. The Morgan fingerprint density at radius 1 is 1.50 bits per heavy atom. The summed E-state index contributed by atoms with van der Waals surface area (Å²) in [7, 11) is 0. The summed E-state index contributed by atoms with van der Waals surface area (Å²) in [4.78, 5) is 10.1. The van der Waals surface area contributed by atoms with Crippen LogP contribution in [0.25, 0.3) is 0 Å². The first-order valence-corrected chi connectivity index (χ1v) is 7.75. The second-order valence-electron chi connectivity index (χ2n) is 3.84. The molecule has 0 aromatic heterocycles. The fraction of sp³-hybridized carbons (Fsp3) is 0.455. The van der Waals surface area contributed by atoms with Gasteiger partial charge in [-0.2, -0.15) is 27.9 Å². The average Bonchev–Trinajstić information content (AvgIpc) is 2.37. The van der Waals surface area contributed by atoms with E-state index in [-0.39, 0.29) is 5.69 Å². The Kier molecular flexibility index (Phi) is 4.71. The molecule has 18 heavy (non-hydrogen) atoms. The molecule has 0 radical (unpaired) electrons. The highest BCUT2D eigenvalue weighted by molar-refractivity contribution is 8.06. The van der Waals surface area contributed by atoms with Crippen molar-refractivity contribution in [1.29, 1.82) is 0 Å². The lowest BCUT2D eigenvalue weighted by Crippen LogP contribution is -2.23. The third kappa shape index (κ3) is 3.29. The van der Waals surface area contributed by atoms with Crippen molar-refractivity contribution in [3.63, 3.8) is 0 Å². The molecule has 1 unspecified atom stereocenters. The molecule has 1 atom stereocenters. The first-order chi connectivity index (χ1) is 8.68. The summed E-state index contributed by atoms with van der Waals surface area (Å²) in [6.45, 7) is 0.627. The van der Waals surface area contributed by atoms with Gasteiger partial charge in [-0.1, -0.05) is 6.07 Å². The van der Waals surface area contributed by atoms with Gasteiger partial charge in [-0.05, 0) is 12.1 Å². The van der Waals surface area contributed by atoms with Gasteiger partial charge in [0.1, 0.15) is 5.69 Å². The van der Waals surface area contributed by atoms with Gasteiger partial charge in [0.2, 0.25) is 5.82 Å². The molecule has 4 nitrogen and oxygen atoms in total. The number of para-hydroxylation sites is 1. The molecule has 0 saturated carbocycles. The van der Waals surface area contributed by atoms with E-state index in [4.69, 9.17) is 0 Å². The maximum atomic E-state index is 13.4. The molecule has 1 N–H and O–H groups in total. The molecule has 1 aliphatic heterocycles. The van der Waals surface area contributed by atoms with Crippen LogP contribution >= 0.6 is 23.5 Å². The van der Waals surface area contributed by atoms with Gasteiger partial charge in [-0.25, -0.2) is 0 Å². The van der Waals surface area contributed by atoms with Crippen LogP contribution in [0, 0.1) is 15.9 Å². The van der Waals surface area contributed by atoms with Crippen LogP contribution < -0.4 is 5.32 Å². The van der Waals surface area contributed by atoms with Gasteiger partial charge in [0.25, 0.3) is 0 Å². The summed E-state index contributed by atoms with van der Waals surface area (Å²) < 4.78 is 13.4. The third-order valence-electron chi connectivity index (χ3n) is 2.57. The summed E-state index contributed by atoms with van der Waals surface area (Å²) in [6.07, 6.45) is 0. The zero-order valence-corrected chi connectivity index (χ0v) is 11.2. The van der Waals surface area contributed by atoms with Gasteiger partial charge in [-0.3, -0.25) is 10.1 Å². The number of hydrogen-bond acceptors (Lipinski definition) is 5. The summed E-state index contributed by atoms with van der Waals surface area (Å²) in [5, 5.41) is 14.2. The highest BCUT2D eigenvalue weighted by atomic mass is 32.2. The van der Waals surface area contributed by atoms with E-state index in [9.17, 15) is 14.5 Å². The maximum absolute atomic E-state index is 13.4. The number of nitrogens with zero attached hydrogens (tertiary/aromatic N) is 1. The van der Waals surface area contributed by atoms with Crippen LogP contribution in [0.3, 0.4) is 0 Å². The third-order valence-corrected chi connectivity index (χ3v) is 5.42. The Bertz CT molecular complexity index is 439. The van der Waals surface area contributed by atoms with E-state index in [0.717, 1.165) is 23.3 Å². The molecule has 1 aromatic rings. The van der Waals surface area contributed by atoms with Crippen LogP contribution in [0.15, 0.2) is 18.2 Å². The number of nitro benzene ring substituents is 1. The standard InChI is InChI=1S/C11H13FN2O2S2/c12-9-2-1-3-10(11(9)14(15)16)13-6-8-7-17-4-5-18-8/h1-3,8,13H,4-7H2. The summed E-state index contributed by atoms with van der Waals surface area (Å²) in [5.74, 6) is 2.49. The molecular formula is C11H13FN2O2S2. The van der Waals surface area contributed by atoms with E-state index >= 15 is 0 Å². The van der Waals surface area contributed by atoms with Gasteiger partial charge in [0.15, 0.2) is 0 Å².